The highest BCUT2D eigenvalue weighted by molar-refractivity contribution is 5.44. The second kappa shape index (κ2) is 4.96. The first kappa shape index (κ1) is 12.5. The van der Waals surface area contributed by atoms with Gasteiger partial charge in [-0.05, 0) is 43.4 Å². The first-order valence-electron chi connectivity index (χ1n) is 8.01. The van der Waals surface area contributed by atoms with Crippen LogP contribution in [0, 0.1) is 11.8 Å². The summed E-state index contributed by atoms with van der Waals surface area (Å²) in [7, 11) is 0. The second-order valence-corrected chi connectivity index (χ2v) is 6.64. The second-order valence-electron chi connectivity index (χ2n) is 6.64. The average Bonchev–Trinajstić information content (AvgIpc) is 2.89. The maximum atomic E-state index is 9.55. The van der Waals surface area contributed by atoms with E-state index in [9.17, 15) is 5.11 Å². The van der Waals surface area contributed by atoms with E-state index in [-0.39, 0.29) is 0 Å². The Bertz CT molecular complexity index is 502. The van der Waals surface area contributed by atoms with Crippen molar-refractivity contribution in [1.82, 2.24) is 4.90 Å². The van der Waals surface area contributed by atoms with Gasteiger partial charge >= 0.3 is 0 Å². The third-order valence-corrected chi connectivity index (χ3v) is 5.52. The van der Waals surface area contributed by atoms with E-state index in [1.165, 1.54) is 50.8 Å². The van der Waals surface area contributed by atoms with E-state index in [2.05, 4.69) is 4.90 Å². The van der Waals surface area contributed by atoms with Crippen LogP contribution in [0.1, 0.15) is 43.7 Å². The molecule has 0 radical (unpaired) electrons. The third kappa shape index (κ3) is 2.08. The van der Waals surface area contributed by atoms with E-state index in [1.807, 2.05) is 6.07 Å². The van der Waals surface area contributed by atoms with Crippen molar-refractivity contribution in [3.63, 3.8) is 0 Å². The highest BCUT2D eigenvalue weighted by Crippen LogP contribution is 2.43. The van der Waals surface area contributed by atoms with E-state index in [0.29, 0.717) is 11.8 Å². The van der Waals surface area contributed by atoms with Gasteiger partial charge in [-0.2, -0.15) is 0 Å². The fourth-order valence-electron chi connectivity index (χ4n) is 4.40. The Labute approximate surface area is 120 Å². The number of likely N-dealkylation sites (tertiary alicyclic amines) is 1. The number of benzene rings is 1. The Morgan fingerprint density at radius 1 is 1.10 bits per heavy atom. The summed E-state index contributed by atoms with van der Waals surface area (Å²) in [5.74, 6) is 3.05. The number of piperidine rings is 1. The van der Waals surface area contributed by atoms with Crippen molar-refractivity contribution in [3.05, 3.63) is 23.8 Å². The number of hydrogen-bond donors (Lipinski definition) is 1. The topological polar surface area (TPSA) is 32.7 Å². The largest absolute Gasteiger partial charge is 0.508 e. The normalized spacial score (nSPS) is 33.3. The highest BCUT2D eigenvalue weighted by Gasteiger charge is 2.37. The van der Waals surface area contributed by atoms with Crippen LogP contribution < -0.4 is 4.74 Å². The van der Waals surface area contributed by atoms with Crippen molar-refractivity contribution in [2.24, 2.45) is 11.8 Å². The van der Waals surface area contributed by atoms with Crippen LogP contribution in [0.2, 0.25) is 0 Å². The minimum Gasteiger partial charge on any atom is -0.508 e. The lowest BCUT2D eigenvalue weighted by atomic mass is 9.75. The molecule has 20 heavy (non-hydrogen) atoms. The summed E-state index contributed by atoms with van der Waals surface area (Å²) in [6, 6.07) is 5.97. The van der Waals surface area contributed by atoms with Crippen molar-refractivity contribution in [3.8, 4) is 11.5 Å². The number of phenolic OH excluding ortho intramolecular Hbond substituents is 1. The first-order chi connectivity index (χ1) is 9.81. The molecule has 0 spiro atoms. The van der Waals surface area contributed by atoms with Crippen LogP contribution in [0.15, 0.2) is 18.2 Å². The molecule has 2 heterocycles. The summed E-state index contributed by atoms with van der Waals surface area (Å²) in [4.78, 5) is 2.62. The van der Waals surface area contributed by atoms with E-state index >= 15 is 0 Å². The maximum Gasteiger partial charge on any atom is 0.127 e. The molecule has 1 saturated carbocycles. The number of phenols is 1. The summed E-state index contributed by atoms with van der Waals surface area (Å²) in [6.45, 7) is 3.19. The van der Waals surface area contributed by atoms with Crippen LogP contribution in [-0.4, -0.2) is 29.7 Å². The van der Waals surface area contributed by atoms with Crippen molar-refractivity contribution < 1.29 is 9.84 Å². The lowest BCUT2D eigenvalue weighted by molar-refractivity contribution is 0.0490. The van der Waals surface area contributed by atoms with E-state index in [1.54, 1.807) is 12.1 Å². The van der Waals surface area contributed by atoms with E-state index < -0.39 is 0 Å². The summed E-state index contributed by atoms with van der Waals surface area (Å²) < 4.78 is 5.78. The molecule has 1 aromatic carbocycles. The van der Waals surface area contributed by atoms with Crippen molar-refractivity contribution in [1.29, 1.82) is 0 Å². The van der Waals surface area contributed by atoms with Crippen LogP contribution in [0.25, 0.3) is 0 Å². The standard InChI is InChI=1S/C17H23NO2/c19-14-5-6-15-16(11-20-17(15)9-14)18-8-7-12-3-1-2-4-13(12)10-18/h5-6,9,12-13,16,19H,1-4,7-8,10-11H2. The van der Waals surface area contributed by atoms with E-state index in [4.69, 9.17) is 4.74 Å². The molecule has 2 fully saturated rings. The minimum absolute atomic E-state index is 0.301. The molecule has 3 heteroatoms. The zero-order chi connectivity index (χ0) is 13.5. The first-order valence-corrected chi connectivity index (χ1v) is 8.01. The number of fused-ring (bicyclic) bond motifs is 2. The van der Waals surface area contributed by atoms with Gasteiger partial charge in [-0.25, -0.2) is 0 Å². The van der Waals surface area contributed by atoms with Gasteiger partial charge in [0.2, 0.25) is 0 Å². The van der Waals surface area contributed by atoms with E-state index in [0.717, 1.165) is 24.2 Å². The van der Waals surface area contributed by atoms with Gasteiger partial charge in [0, 0.05) is 18.2 Å². The monoisotopic (exact) mass is 273 g/mol. The fraction of sp³-hybridized carbons (Fsp3) is 0.647. The van der Waals surface area contributed by atoms with Gasteiger partial charge in [0.05, 0.1) is 6.04 Å². The SMILES string of the molecule is Oc1ccc2c(c1)OCC2N1CCC2CCCCC2C1. The Balaban J connectivity index is 1.52. The molecule has 1 aliphatic carbocycles. The summed E-state index contributed by atoms with van der Waals surface area (Å²) in [5, 5.41) is 9.55. The van der Waals surface area contributed by atoms with Gasteiger partial charge in [-0.1, -0.05) is 19.3 Å². The average molecular weight is 273 g/mol. The predicted molar refractivity (Wildman–Crippen MR) is 78.0 cm³/mol. The van der Waals surface area contributed by atoms with Gasteiger partial charge in [0.1, 0.15) is 18.1 Å². The van der Waals surface area contributed by atoms with Crippen LogP contribution in [0.3, 0.4) is 0 Å². The molecule has 3 aliphatic rings. The number of ether oxygens (including phenoxy) is 1. The van der Waals surface area contributed by atoms with Crippen molar-refractivity contribution >= 4 is 0 Å². The molecule has 1 N–H and O–H groups in total. The predicted octanol–water partition coefficient (Wildman–Crippen LogP) is 3.34. The third-order valence-electron chi connectivity index (χ3n) is 5.52. The van der Waals surface area contributed by atoms with Gasteiger partial charge < -0.3 is 9.84 Å². The molecule has 3 nitrogen and oxygen atoms in total. The molecule has 0 amide bonds. The van der Waals surface area contributed by atoms with Crippen molar-refractivity contribution in [2.75, 3.05) is 19.7 Å². The molecule has 1 saturated heterocycles. The lowest BCUT2D eigenvalue weighted by Crippen LogP contribution is -2.43. The minimum atomic E-state index is 0.301. The van der Waals surface area contributed by atoms with Crippen molar-refractivity contribution in [2.45, 2.75) is 38.1 Å². The zero-order valence-corrected chi connectivity index (χ0v) is 11.9. The number of rotatable bonds is 1. The smallest absolute Gasteiger partial charge is 0.127 e. The Kier molecular flexibility index (Phi) is 3.10. The molecular weight excluding hydrogens is 250 g/mol. The van der Waals surface area contributed by atoms with Gasteiger partial charge in [-0.15, -0.1) is 0 Å². The molecule has 4 rings (SSSR count). The van der Waals surface area contributed by atoms with Crippen LogP contribution in [0.5, 0.6) is 11.5 Å². The molecule has 0 bridgehead atoms. The maximum absolute atomic E-state index is 9.55. The quantitative estimate of drug-likeness (QED) is 0.852. The summed E-state index contributed by atoms with van der Waals surface area (Å²) >= 11 is 0. The molecular formula is C17H23NO2. The summed E-state index contributed by atoms with van der Waals surface area (Å²) in [5.41, 5.74) is 1.26. The Morgan fingerprint density at radius 2 is 1.95 bits per heavy atom. The molecule has 1 aromatic rings. The Morgan fingerprint density at radius 3 is 2.85 bits per heavy atom. The molecule has 3 unspecified atom stereocenters. The van der Waals surface area contributed by atoms with Crippen LogP contribution >= 0.6 is 0 Å². The lowest BCUT2D eigenvalue weighted by Gasteiger charge is -2.43. The fourth-order valence-corrected chi connectivity index (χ4v) is 4.40. The summed E-state index contributed by atoms with van der Waals surface area (Å²) in [6.07, 6.45) is 7.08. The van der Waals surface area contributed by atoms with Crippen LogP contribution in [-0.2, 0) is 0 Å². The molecule has 2 aliphatic heterocycles. The Hall–Kier alpha value is -1.22. The molecule has 3 atom stereocenters. The van der Waals surface area contributed by atoms with Gasteiger partial charge in [-0.3, -0.25) is 4.90 Å². The zero-order valence-electron chi connectivity index (χ0n) is 11.9. The van der Waals surface area contributed by atoms with Gasteiger partial charge in [0.15, 0.2) is 0 Å². The molecule has 108 valence electrons. The molecule has 0 aromatic heterocycles. The number of nitrogens with zero attached hydrogens (tertiary/aromatic N) is 1. The highest BCUT2D eigenvalue weighted by atomic mass is 16.5. The van der Waals surface area contributed by atoms with Crippen LogP contribution in [0.4, 0.5) is 0 Å². The number of aromatic hydroxyl groups is 1. The van der Waals surface area contributed by atoms with Gasteiger partial charge in [0.25, 0.3) is 0 Å². The number of hydrogen-bond acceptors (Lipinski definition) is 3.